The van der Waals surface area contributed by atoms with E-state index in [0.29, 0.717) is 0 Å². The lowest BCUT2D eigenvalue weighted by atomic mass is 9.97. The van der Waals surface area contributed by atoms with Crippen molar-refractivity contribution >= 4 is 11.5 Å². The van der Waals surface area contributed by atoms with Crippen LogP contribution in [0.3, 0.4) is 0 Å². The summed E-state index contributed by atoms with van der Waals surface area (Å²) in [6.07, 6.45) is 3.90. The van der Waals surface area contributed by atoms with Crippen molar-refractivity contribution in [2.75, 3.05) is 6.54 Å². The topological polar surface area (TPSA) is 20.3 Å². The van der Waals surface area contributed by atoms with Crippen LogP contribution in [0.2, 0.25) is 0 Å². The fourth-order valence-corrected chi connectivity index (χ4v) is 3.04. The summed E-state index contributed by atoms with van der Waals surface area (Å²) in [5, 5.41) is 0. The summed E-state index contributed by atoms with van der Waals surface area (Å²) >= 11 is 0. The molecule has 2 heteroatoms. The Balaban J connectivity index is 1.76. The van der Waals surface area contributed by atoms with Crippen LogP contribution in [0.25, 0.3) is 5.57 Å². The number of nitrogens with zero attached hydrogens (tertiary/aromatic N) is 1. The number of hydrogen-bond acceptors (Lipinski definition) is 1. The van der Waals surface area contributed by atoms with Crippen molar-refractivity contribution in [1.82, 2.24) is 4.90 Å². The third kappa shape index (κ3) is 3.11. The Hall–Kier alpha value is -2.35. The van der Waals surface area contributed by atoms with E-state index in [1.54, 1.807) is 0 Å². The van der Waals surface area contributed by atoms with E-state index in [-0.39, 0.29) is 11.9 Å². The molecule has 0 fully saturated rings. The van der Waals surface area contributed by atoms with Gasteiger partial charge in [-0.1, -0.05) is 66.7 Å². The largest absolute Gasteiger partial charge is 0.335 e. The molecular formula is C20H21NO. The van der Waals surface area contributed by atoms with Gasteiger partial charge in [-0.25, -0.2) is 0 Å². The molecule has 0 aliphatic carbocycles. The van der Waals surface area contributed by atoms with Crippen molar-refractivity contribution in [3.63, 3.8) is 0 Å². The summed E-state index contributed by atoms with van der Waals surface area (Å²) in [7, 11) is 0. The lowest BCUT2D eigenvalue weighted by Gasteiger charge is -2.33. The Bertz CT molecular complexity index is 661. The highest BCUT2D eigenvalue weighted by Gasteiger charge is 2.26. The van der Waals surface area contributed by atoms with Crippen LogP contribution in [-0.4, -0.2) is 23.4 Å². The van der Waals surface area contributed by atoms with Crippen LogP contribution in [-0.2, 0) is 11.2 Å². The number of carbonyl (C=O) groups is 1. The van der Waals surface area contributed by atoms with E-state index in [4.69, 9.17) is 0 Å². The van der Waals surface area contributed by atoms with Gasteiger partial charge in [0.15, 0.2) is 0 Å². The van der Waals surface area contributed by atoms with Crippen LogP contribution >= 0.6 is 0 Å². The molecule has 0 N–H and O–H groups in total. The molecule has 2 nitrogen and oxygen atoms in total. The zero-order valence-corrected chi connectivity index (χ0v) is 12.9. The van der Waals surface area contributed by atoms with Crippen molar-refractivity contribution in [3.8, 4) is 0 Å². The molecule has 1 aliphatic rings. The molecule has 112 valence electrons. The van der Waals surface area contributed by atoms with Crippen molar-refractivity contribution in [1.29, 1.82) is 0 Å². The molecular weight excluding hydrogens is 270 g/mol. The predicted octanol–water partition coefficient (Wildman–Crippen LogP) is 3.93. The second-order valence-corrected chi connectivity index (χ2v) is 5.81. The summed E-state index contributed by atoms with van der Waals surface area (Å²) in [6, 6.07) is 20.5. The van der Waals surface area contributed by atoms with Gasteiger partial charge in [-0.15, -0.1) is 0 Å². The first-order valence-electron chi connectivity index (χ1n) is 7.86. The van der Waals surface area contributed by atoms with Gasteiger partial charge in [0.25, 0.3) is 5.91 Å². The molecule has 0 saturated heterocycles. The first-order valence-corrected chi connectivity index (χ1v) is 7.86. The fraction of sp³-hybridized carbons (Fsp3) is 0.250. The lowest BCUT2D eigenvalue weighted by Crippen LogP contribution is -2.42. The van der Waals surface area contributed by atoms with E-state index in [1.165, 1.54) is 5.56 Å². The quantitative estimate of drug-likeness (QED) is 0.835. The number of amides is 1. The summed E-state index contributed by atoms with van der Waals surface area (Å²) in [4.78, 5) is 14.8. The van der Waals surface area contributed by atoms with E-state index < -0.39 is 0 Å². The third-order valence-corrected chi connectivity index (χ3v) is 4.20. The Morgan fingerprint density at radius 1 is 1.00 bits per heavy atom. The standard InChI is InChI=1S/C20H21NO/c1-16(15-17-9-4-2-5-10-17)21-14-8-13-19(20(21)22)18-11-6-3-7-12-18/h2-7,9-13,16H,8,14-15H2,1H3. The maximum atomic E-state index is 12.8. The molecule has 1 aliphatic heterocycles. The maximum absolute atomic E-state index is 12.8. The summed E-state index contributed by atoms with van der Waals surface area (Å²) < 4.78 is 0. The second kappa shape index (κ2) is 6.61. The first kappa shape index (κ1) is 14.6. The molecule has 1 unspecified atom stereocenters. The molecule has 0 spiro atoms. The minimum atomic E-state index is 0.154. The highest BCUT2D eigenvalue weighted by molar-refractivity contribution is 6.20. The smallest absolute Gasteiger partial charge is 0.254 e. The van der Waals surface area contributed by atoms with Crippen LogP contribution in [0.15, 0.2) is 66.7 Å². The molecule has 22 heavy (non-hydrogen) atoms. The highest BCUT2D eigenvalue weighted by atomic mass is 16.2. The molecule has 0 radical (unpaired) electrons. The molecule has 3 rings (SSSR count). The van der Waals surface area contributed by atoms with Gasteiger partial charge in [0.2, 0.25) is 0 Å². The minimum Gasteiger partial charge on any atom is -0.335 e. The molecule has 0 saturated carbocycles. The number of carbonyl (C=O) groups excluding carboxylic acids is 1. The molecule has 1 heterocycles. The average Bonchev–Trinajstić information content (AvgIpc) is 2.56. The Morgan fingerprint density at radius 2 is 1.64 bits per heavy atom. The van der Waals surface area contributed by atoms with E-state index in [9.17, 15) is 4.79 Å². The predicted molar refractivity (Wildman–Crippen MR) is 90.4 cm³/mol. The Morgan fingerprint density at radius 3 is 2.32 bits per heavy atom. The molecule has 1 atom stereocenters. The minimum absolute atomic E-state index is 0.154. The van der Waals surface area contributed by atoms with E-state index in [2.05, 4.69) is 37.3 Å². The van der Waals surface area contributed by atoms with Crippen molar-refractivity contribution in [3.05, 3.63) is 77.9 Å². The Kier molecular flexibility index (Phi) is 4.38. The summed E-state index contributed by atoms with van der Waals surface area (Å²) in [5.41, 5.74) is 3.13. The molecule has 2 aromatic carbocycles. The number of hydrogen-bond donors (Lipinski definition) is 0. The van der Waals surface area contributed by atoms with Crippen LogP contribution in [0.4, 0.5) is 0 Å². The van der Waals surface area contributed by atoms with E-state index in [1.807, 2.05) is 41.3 Å². The highest BCUT2D eigenvalue weighted by Crippen LogP contribution is 2.24. The van der Waals surface area contributed by atoms with Gasteiger partial charge in [-0.3, -0.25) is 4.79 Å². The molecule has 2 aromatic rings. The van der Waals surface area contributed by atoms with Gasteiger partial charge in [-0.05, 0) is 30.9 Å². The van der Waals surface area contributed by atoms with Gasteiger partial charge < -0.3 is 4.90 Å². The van der Waals surface area contributed by atoms with E-state index >= 15 is 0 Å². The van der Waals surface area contributed by atoms with Gasteiger partial charge in [0, 0.05) is 18.2 Å². The third-order valence-electron chi connectivity index (χ3n) is 4.20. The monoisotopic (exact) mass is 291 g/mol. The number of benzene rings is 2. The summed E-state index contributed by atoms with van der Waals surface area (Å²) in [6.45, 7) is 2.95. The second-order valence-electron chi connectivity index (χ2n) is 5.81. The zero-order chi connectivity index (χ0) is 15.4. The van der Waals surface area contributed by atoms with Crippen LogP contribution in [0.5, 0.6) is 0 Å². The van der Waals surface area contributed by atoms with Crippen LogP contribution < -0.4 is 0 Å². The lowest BCUT2D eigenvalue weighted by molar-refractivity contribution is -0.127. The SMILES string of the molecule is CC(Cc1ccccc1)N1CCC=C(c2ccccc2)C1=O. The summed E-state index contributed by atoms with van der Waals surface area (Å²) in [5.74, 6) is 0.154. The van der Waals surface area contributed by atoms with Crippen LogP contribution in [0.1, 0.15) is 24.5 Å². The fourth-order valence-electron chi connectivity index (χ4n) is 3.04. The first-order chi connectivity index (χ1) is 10.8. The average molecular weight is 291 g/mol. The van der Waals surface area contributed by atoms with Gasteiger partial charge in [0.1, 0.15) is 0 Å². The van der Waals surface area contributed by atoms with Crippen LogP contribution in [0, 0.1) is 0 Å². The zero-order valence-electron chi connectivity index (χ0n) is 12.9. The molecule has 0 aromatic heterocycles. The van der Waals surface area contributed by atoms with Crippen molar-refractivity contribution < 1.29 is 4.79 Å². The maximum Gasteiger partial charge on any atom is 0.254 e. The van der Waals surface area contributed by atoms with Gasteiger partial charge in [0.05, 0.1) is 0 Å². The van der Waals surface area contributed by atoms with Crippen molar-refractivity contribution in [2.45, 2.75) is 25.8 Å². The van der Waals surface area contributed by atoms with Gasteiger partial charge in [-0.2, -0.15) is 0 Å². The van der Waals surface area contributed by atoms with E-state index in [0.717, 1.165) is 30.5 Å². The molecule has 1 amide bonds. The number of rotatable bonds is 4. The van der Waals surface area contributed by atoms with Gasteiger partial charge >= 0.3 is 0 Å². The van der Waals surface area contributed by atoms with Crippen molar-refractivity contribution in [2.24, 2.45) is 0 Å². The molecule has 0 bridgehead atoms. The normalized spacial score (nSPS) is 16.3. The Labute approximate surface area is 132 Å².